The molecule has 7 heteroatoms. The summed E-state index contributed by atoms with van der Waals surface area (Å²) in [6, 6.07) is 4.77. The van der Waals surface area contributed by atoms with Crippen molar-refractivity contribution in [2.24, 2.45) is 0 Å². The Morgan fingerprint density at radius 2 is 2.09 bits per heavy atom. The summed E-state index contributed by atoms with van der Waals surface area (Å²) < 4.78 is 7.78. The lowest BCUT2D eigenvalue weighted by atomic mass is 10.2. The molecule has 2 aromatic rings. The van der Waals surface area contributed by atoms with Gasteiger partial charge in [-0.1, -0.05) is 0 Å². The van der Waals surface area contributed by atoms with Crippen LogP contribution < -0.4 is 5.32 Å². The van der Waals surface area contributed by atoms with Crippen LogP contribution in [0.2, 0.25) is 0 Å². The molecule has 5 rings (SSSR count). The quantitative estimate of drug-likeness (QED) is 0.896. The van der Waals surface area contributed by atoms with Crippen LogP contribution in [-0.2, 0) is 4.74 Å². The SMILES string of the molecule is c1cc2nnc(C3CC3)n2nc1NCC1CN(C2CC2)CCO1. The van der Waals surface area contributed by atoms with Crippen LogP contribution in [0.15, 0.2) is 12.1 Å². The Balaban J connectivity index is 1.26. The molecule has 3 aliphatic rings. The number of hydrogen-bond donors (Lipinski definition) is 1. The van der Waals surface area contributed by atoms with Crippen LogP contribution in [0, 0.1) is 0 Å². The molecule has 0 aromatic carbocycles. The predicted molar refractivity (Wildman–Crippen MR) is 85.6 cm³/mol. The summed E-state index contributed by atoms with van der Waals surface area (Å²) in [6.07, 6.45) is 5.36. The van der Waals surface area contributed by atoms with E-state index < -0.39 is 0 Å². The largest absolute Gasteiger partial charge is 0.374 e. The fourth-order valence-corrected chi connectivity index (χ4v) is 3.35. The number of morpholine rings is 1. The molecule has 1 N–H and O–H groups in total. The van der Waals surface area contributed by atoms with E-state index in [1.54, 1.807) is 0 Å². The molecule has 1 atom stereocenters. The number of hydrogen-bond acceptors (Lipinski definition) is 6. The van der Waals surface area contributed by atoms with Crippen molar-refractivity contribution in [3.8, 4) is 0 Å². The Kier molecular flexibility index (Phi) is 3.22. The molecule has 122 valence electrons. The number of rotatable bonds is 5. The van der Waals surface area contributed by atoms with Gasteiger partial charge in [0, 0.05) is 31.6 Å². The van der Waals surface area contributed by atoms with E-state index in [4.69, 9.17) is 4.74 Å². The van der Waals surface area contributed by atoms with Gasteiger partial charge in [0.2, 0.25) is 0 Å². The zero-order valence-electron chi connectivity index (χ0n) is 13.2. The third kappa shape index (κ3) is 2.79. The van der Waals surface area contributed by atoms with Gasteiger partial charge in [-0.05, 0) is 37.8 Å². The Hall–Kier alpha value is -1.73. The number of anilines is 1. The number of nitrogens with zero attached hydrogens (tertiary/aromatic N) is 5. The van der Waals surface area contributed by atoms with Crippen molar-refractivity contribution in [3.05, 3.63) is 18.0 Å². The first-order chi connectivity index (χ1) is 11.4. The van der Waals surface area contributed by atoms with Crippen molar-refractivity contribution >= 4 is 11.5 Å². The van der Waals surface area contributed by atoms with Crippen molar-refractivity contribution in [1.82, 2.24) is 24.7 Å². The predicted octanol–water partition coefficient (Wildman–Crippen LogP) is 1.28. The van der Waals surface area contributed by atoms with E-state index in [-0.39, 0.29) is 6.10 Å². The molecule has 3 fully saturated rings. The van der Waals surface area contributed by atoms with Gasteiger partial charge < -0.3 is 10.1 Å². The van der Waals surface area contributed by atoms with Crippen molar-refractivity contribution in [1.29, 1.82) is 0 Å². The van der Waals surface area contributed by atoms with Crippen molar-refractivity contribution in [3.63, 3.8) is 0 Å². The van der Waals surface area contributed by atoms with Crippen molar-refractivity contribution < 1.29 is 4.74 Å². The zero-order chi connectivity index (χ0) is 15.2. The van der Waals surface area contributed by atoms with Crippen LogP contribution >= 0.6 is 0 Å². The van der Waals surface area contributed by atoms with Crippen LogP contribution in [0.4, 0.5) is 5.82 Å². The molecule has 0 amide bonds. The highest BCUT2D eigenvalue weighted by Crippen LogP contribution is 2.38. The highest BCUT2D eigenvalue weighted by atomic mass is 16.5. The fourth-order valence-electron chi connectivity index (χ4n) is 3.35. The van der Waals surface area contributed by atoms with Gasteiger partial charge in [-0.25, -0.2) is 0 Å². The second-order valence-electron chi connectivity index (χ2n) is 6.92. The van der Waals surface area contributed by atoms with E-state index in [9.17, 15) is 0 Å². The van der Waals surface area contributed by atoms with Crippen LogP contribution in [0.25, 0.3) is 5.65 Å². The van der Waals surface area contributed by atoms with Crippen LogP contribution in [0.3, 0.4) is 0 Å². The Labute approximate surface area is 135 Å². The summed E-state index contributed by atoms with van der Waals surface area (Å²) in [5.41, 5.74) is 0.825. The van der Waals surface area contributed by atoms with Gasteiger partial charge in [-0.2, -0.15) is 4.52 Å². The van der Waals surface area contributed by atoms with Gasteiger partial charge >= 0.3 is 0 Å². The smallest absolute Gasteiger partial charge is 0.178 e. The van der Waals surface area contributed by atoms with Crippen LogP contribution in [-0.4, -0.2) is 63.1 Å². The molecule has 1 aliphatic heterocycles. The normalized spacial score (nSPS) is 25.8. The Morgan fingerprint density at radius 1 is 1.17 bits per heavy atom. The number of fused-ring (bicyclic) bond motifs is 1. The molecule has 0 bridgehead atoms. The second-order valence-corrected chi connectivity index (χ2v) is 6.92. The Bertz CT molecular complexity index is 708. The first-order valence-electron chi connectivity index (χ1n) is 8.69. The number of ether oxygens (including phenoxy) is 1. The van der Waals surface area contributed by atoms with E-state index in [0.717, 1.165) is 49.6 Å². The minimum absolute atomic E-state index is 0.241. The minimum atomic E-state index is 0.241. The van der Waals surface area contributed by atoms with Gasteiger partial charge in [0.15, 0.2) is 11.5 Å². The minimum Gasteiger partial charge on any atom is -0.374 e. The van der Waals surface area contributed by atoms with Gasteiger partial charge in [0.25, 0.3) is 0 Å². The third-order valence-corrected chi connectivity index (χ3v) is 4.97. The summed E-state index contributed by atoms with van der Waals surface area (Å²) in [7, 11) is 0. The van der Waals surface area contributed by atoms with Gasteiger partial charge in [-0.3, -0.25) is 4.90 Å². The number of nitrogens with one attached hydrogen (secondary N) is 1. The molecule has 1 unspecified atom stereocenters. The lowest BCUT2D eigenvalue weighted by Crippen LogP contribution is -2.46. The first kappa shape index (κ1) is 13.7. The second kappa shape index (κ2) is 5.42. The van der Waals surface area contributed by atoms with Gasteiger partial charge in [0.1, 0.15) is 5.82 Å². The molecule has 0 radical (unpaired) electrons. The van der Waals surface area contributed by atoms with E-state index in [2.05, 4.69) is 25.5 Å². The van der Waals surface area contributed by atoms with E-state index in [1.165, 1.54) is 25.7 Å². The summed E-state index contributed by atoms with van der Waals surface area (Å²) in [5.74, 6) is 2.41. The molecule has 2 aromatic heterocycles. The van der Waals surface area contributed by atoms with Crippen LogP contribution in [0.5, 0.6) is 0 Å². The molecule has 23 heavy (non-hydrogen) atoms. The maximum Gasteiger partial charge on any atom is 0.178 e. The monoisotopic (exact) mass is 314 g/mol. The van der Waals surface area contributed by atoms with Gasteiger partial charge in [-0.15, -0.1) is 15.3 Å². The summed E-state index contributed by atoms with van der Waals surface area (Å²) in [6.45, 7) is 3.74. The molecule has 3 heterocycles. The molecule has 1 saturated heterocycles. The maximum absolute atomic E-state index is 5.89. The molecule has 0 spiro atoms. The van der Waals surface area contributed by atoms with Gasteiger partial charge in [0.05, 0.1) is 12.7 Å². The zero-order valence-corrected chi connectivity index (χ0v) is 13.2. The maximum atomic E-state index is 5.89. The van der Waals surface area contributed by atoms with E-state index >= 15 is 0 Å². The first-order valence-corrected chi connectivity index (χ1v) is 8.69. The average Bonchev–Trinajstić information content (AvgIpc) is 3.50. The number of aromatic nitrogens is 4. The van der Waals surface area contributed by atoms with Crippen molar-refractivity contribution in [2.75, 3.05) is 31.6 Å². The van der Waals surface area contributed by atoms with E-state index in [1.807, 2.05) is 16.6 Å². The molecular formula is C16H22N6O. The third-order valence-electron chi connectivity index (χ3n) is 4.97. The summed E-state index contributed by atoms with van der Waals surface area (Å²) in [4.78, 5) is 2.57. The molecular weight excluding hydrogens is 292 g/mol. The highest BCUT2D eigenvalue weighted by molar-refractivity contribution is 5.44. The van der Waals surface area contributed by atoms with E-state index in [0.29, 0.717) is 5.92 Å². The molecule has 2 aliphatic carbocycles. The van der Waals surface area contributed by atoms with Crippen molar-refractivity contribution in [2.45, 2.75) is 43.7 Å². The fraction of sp³-hybridized carbons (Fsp3) is 0.688. The molecule has 2 saturated carbocycles. The Morgan fingerprint density at radius 3 is 2.91 bits per heavy atom. The topological polar surface area (TPSA) is 67.6 Å². The van der Waals surface area contributed by atoms with Crippen LogP contribution in [0.1, 0.15) is 37.4 Å². The summed E-state index contributed by atoms with van der Waals surface area (Å²) >= 11 is 0. The lowest BCUT2D eigenvalue weighted by Gasteiger charge is -2.33. The average molecular weight is 314 g/mol. The summed E-state index contributed by atoms with van der Waals surface area (Å²) in [5, 5.41) is 16.6. The standard InChI is InChI=1S/C16H22N6O/c1-2-11(1)16-19-18-15-6-5-14(20-22(15)16)17-9-13-10-21(7-8-23-13)12-3-4-12/h5-6,11-13H,1-4,7-10H2,(H,17,20). The highest BCUT2D eigenvalue weighted by Gasteiger charge is 2.33. The molecule has 7 nitrogen and oxygen atoms in total. The lowest BCUT2D eigenvalue weighted by molar-refractivity contribution is -0.0241.